The molecule has 6 nitrogen and oxygen atoms in total. The van der Waals surface area contributed by atoms with E-state index in [1.54, 1.807) is 20.8 Å². The second-order valence-corrected chi connectivity index (χ2v) is 6.66. The van der Waals surface area contributed by atoms with E-state index in [4.69, 9.17) is 0 Å². The molecule has 3 N–H and O–H groups in total. The van der Waals surface area contributed by atoms with Gasteiger partial charge in [-0.3, -0.25) is 0 Å². The number of nitrogens with zero attached hydrogens (tertiary/aromatic N) is 1. The molecule has 1 saturated heterocycles. The van der Waals surface area contributed by atoms with E-state index in [-0.39, 0.29) is 6.04 Å². The van der Waals surface area contributed by atoms with Crippen molar-refractivity contribution >= 4 is 12.0 Å². The van der Waals surface area contributed by atoms with Gasteiger partial charge in [0.1, 0.15) is 6.04 Å². The van der Waals surface area contributed by atoms with Gasteiger partial charge in [-0.1, -0.05) is 20.8 Å². The molecule has 6 heteroatoms. The Hall–Kier alpha value is -1.30. The number of nitrogens with one attached hydrogen (secondary N) is 2. The summed E-state index contributed by atoms with van der Waals surface area (Å²) in [4.78, 5) is 25.4. The average molecular weight is 285 g/mol. The Morgan fingerprint density at radius 3 is 2.20 bits per heavy atom. The van der Waals surface area contributed by atoms with Gasteiger partial charge in [-0.05, 0) is 38.3 Å². The Morgan fingerprint density at radius 1 is 1.20 bits per heavy atom. The summed E-state index contributed by atoms with van der Waals surface area (Å²) in [6.07, 6.45) is 2.42. The summed E-state index contributed by atoms with van der Waals surface area (Å²) in [6.45, 7) is 10.3. The molecule has 1 aliphatic heterocycles. The highest BCUT2D eigenvalue weighted by atomic mass is 16.4. The lowest BCUT2D eigenvalue weighted by atomic mass is 9.87. The molecule has 0 spiro atoms. The first-order valence-corrected chi connectivity index (χ1v) is 7.22. The molecular formula is C14H27N3O3. The SMILES string of the molecule is CC(CN1CCCC1)NC(=O)N[C@@H](C(=O)O)C(C)(C)C. The highest BCUT2D eigenvalue weighted by Crippen LogP contribution is 2.19. The second-order valence-electron chi connectivity index (χ2n) is 6.66. The van der Waals surface area contributed by atoms with E-state index < -0.39 is 23.5 Å². The Bertz CT molecular complexity index is 346. The van der Waals surface area contributed by atoms with E-state index in [1.165, 1.54) is 12.8 Å². The van der Waals surface area contributed by atoms with Crippen molar-refractivity contribution in [1.82, 2.24) is 15.5 Å². The number of likely N-dealkylation sites (tertiary alicyclic amines) is 1. The van der Waals surface area contributed by atoms with Gasteiger partial charge in [0, 0.05) is 12.6 Å². The van der Waals surface area contributed by atoms with Crippen LogP contribution >= 0.6 is 0 Å². The number of amides is 2. The summed E-state index contributed by atoms with van der Waals surface area (Å²) < 4.78 is 0. The van der Waals surface area contributed by atoms with Crippen LogP contribution in [0.1, 0.15) is 40.5 Å². The summed E-state index contributed by atoms with van der Waals surface area (Å²) in [5.41, 5.74) is -0.526. The molecule has 1 heterocycles. The summed E-state index contributed by atoms with van der Waals surface area (Å²) in [5, 5.41) is 14.5. The van der Waals surface area contributed by atoms with Gasteiger partial charge in [-0.25, -0.2) is 9.59 Å². The predicted octanol–water partition coefficient (Wildman–Crippen LogP) is 1.27. The molecule has 116 valence electrons. The number of carboxylic acids is 1. The zero-order chi connectivity index (χ0) is 15.3. The van der Waals surface area contributed by atoms with Crippen LogP contribution < -0.4 is 10.6 Å². The largest absolute Gasteiger partial charge is 0.480 e. The number of carbonyl (C=O) groups excluding carboxylic acids is 1. The molecule has 0 radical (unpaired) electrons. The van der Waals surface area contributed by atoms with E-state index in [0.717, 1.165) is 19.6 Å². The first kappa shape index (κ1) is 16.8. The minimum atomic E-state index is -1.01. The van der Waals surface area contributed by atoms with Crippen LogP contribution in [0.15, 0.2) is 0 Å². The third-order valence-electron chi connectivity index (χ3n) is 3.50. The summed E-state index contributed by atoms with van der Waals surface area (Å²) in [7, 11) is 0. The standard InChI is InChI=1S/C14H27N3O3/c1-10(9-17-7-5-6-8-17)15-13(20)16-11(12(18)19)14(2,3)4/h10-11H,5-9H2,1-4H3,(H,18,19)(H2,15,16,20)/t10?,11-/m0/s1. The van der Waals surface area contributed by atoms with E-state index in [1.807, 2.05) is 6.92 Å². The maximum absolute atomic E-state index is 11.9. The lowest BCUT2D eigenvalue weighted by Crippen LogP contribution is -2.54. The summed E-state index contributed by atoms with van der Waals surface area (Å²) >= 11 is 0. The fourth-order valence-electron chi connectivity index (χ4n) is 2.44. The third-order valence-corrected chi connectivity index (χ3v) is 3.50. The fraction of sp³-hybridized carbons (Fsp3) is 0.857. The smallest absolute Gasteiger partial charge is 0.326 e. The van der Waals surface area contributed by atoms with E-state index in [9.17, 15) is 14.7 Å². The van der Waals surface area contributed by atoms with Gasteiger partial charge in [0.05, 0.1) is 0 Å². The van der Waals surface area contributed by atoms with Gasteiger partial charge >= 0.3 is 12.0 Å². The van der Waals surface area contributed by atoms with Gasteiger partial charge in [0.2, 0.25) is 0 Å². The fourth-order valence-corrected chi connectivity index (χ4v) is 2.44. The van der Waals surface area contributed by atoms with Crippen molar-refractivity contribution in [2.75, 3.05) is 19.6 Å². The van der Waals surface area contributed by atoms with E-state index in [0.29, 0.717) is 0 Å². The van der Waals surface area contributed by atoms with Crippen LogP contribution in [0.2, 0.25) is 0 Å². The molecule has 1 rings (SSSR count). The Labute approximate surface area is 120 Å². The second kappa shape index (κ2) is 6.92. The molecule has 2 atom stereocenters. The quantitative estimate of drug-likeness (QED) is 0.710. The Kier molecular flexibility index (Phi) is 5.80. The van der Waals surface area contributed by atoms with Crippen LogP contribution in [0.3, 0.4) is 0 Å². The van der Waals surface area contributed by atoms with Crippen LogP contribution in [0.4, 0.5) is 4.79 Å². The van der Waals surface area contributed by atoms with Crippen molar-refractivity contribution in [3.8, 4) is 0 Å². The summed E-state index contributed by atoms with van der Waals surface area (Å²) in [6, 6.07) is -1.32. The van der Waals surface area contributed by atoms with Crippen LogP contribution in [-0.2, 0) is 4.79 Å². The Morgan fingerprint density at radius 2 is 1.75 bits per heavy atom. The molecule has 0 aromatic heterocycles. The number of rotatable bonds is 5. The predicted molar refractivity (Wildman–Crippen MR) is 77.7 cm³/mol. The van der Waals surface area contributed by atoms with Crippen LogP contribution in [-0.4, -0.2) is 53.7 Å². The van der Waals surface area contributed by atoms with E-state index >= 15 is 0 Å². The van der Waals surface area contributed by atoms with Crippen molar-refractivity contribution < 1.29 is 14.7 Å². The number of hydrogen-bond donors (Lipinski definition) is 3. The monoisotopic (exact) mass is 285 g/mol. The van der Waals surface area contributed by atoms with Gasteiger partial charge in [-0.2, -0.15) is 0 Å². The molecule has 0 aliphatic carbocycles. The maximum Gasteiger partial charge on any atom is 0.326 e. The molecule has 1 fully saturated rings. The lowest BCUT2D eigenvalue weighted by molar-refractivity contribution is -0.141. The molecule has 1 aliphatic rings. The normalized spacial score (nSPS) is 19.4. The first-order chi connectivity index (χ1) is 9.20. The minimum Gasteiger partial charge on any atom is -0.480 e. The highest BCUT2D eigenvalue weighted by molar-refractivity contribution is 5.83. The van der Waals surface area contributed by atoms with Gasteiger partial charge in [-0.15, -0.1) is 0 Å². The zero-order valence-corrected chi connectivity index (χ0v) is 12.9. The van der Waals surface area contributed by atoms with Crippen molar-refractivity contribution in [2.45, 2.75) is 52.6 Å². The van der Waals surface area contributed by atoms with Crippen molar-refractivity contribution in [1.29, 1.82) is 0 Å². The number of hydrogen-bond acceptors (Lipinski definition) is 3. The van der Waals surface area contributed by atoms with Crippen LogP contribution in [0, 0.1) is 5.41 Å². The lowest BCUT2D eigenvalue weighted by Gasteiger charge is -2.29. The molecular weight excluding hydrogens is 258 g/mol. The van der Waals surface area contributed by atoms with E-state index in [2.05, 4.69) is 15.5 Å². The van der Waals surface area contributed by atoms with Crippen LogP contribution in [0.5, 0.6) is 0 Å². The molecule has 0 aromatic rings. The molecule has 1 unspecified atom stereocenters. The van der Waals surface area contributed by atoms with Gasteiger partial charge < -0.3 is 20.6 Å². The number of urea groups is 1. The van der Waals surface area contributed by atoms with Crippen molar-refractivity contribution in [3.05, 3.63) is 0 Å². The van der Waals surface area contributed by atoms with Crippen LogP contribution in [0.25, 0.3) is 0 Å². The van der Waals surface area contributed by atoms with Gasteiger partial charge in [0.15, 0.2) is 0 Å². The number of carbonyl (C=O) groups is 2. The highest BCUT2D eigenvalue weighted by Gasteiger charge is 2.32. The van der Waals surface area contributed by atoms with Crippen molar-refractivity contribution in [2.24, 2.45) is 5.41 Å². The molecule has 20 heavy (non-hydrogen) atoms. The summed E-state index contributed by atoms with van der Waals surface area (Å²) in [5.74, 6) is -1.01. The minimum absolute atomic E-state index is 0.00233. The van der Waals surface area contributed by atoms with Crippen molar-refractivity contribution in [3.63, 3.8) is 0 Å². The molecule has 0 aromatic carbocycles. The number of carboxylic acid groups (broad SMARTS) is 1. The number of aliphatic carboxylic acids is 1. The molecule has 0 bridgehead atoms. The Balaban J connectivity index is 2.42. The molecule has 2 amide bonds. The topological polar surface area (TPSA) is 81.7 Å². The third kappa shape index (κ3) is 5.36. The first-order valence-electron chi connectivity index (χ1n) is 7.22. The molecule has 0 saturated carbocycles. The maximum atomic E-state index is 11.9. The zero-order valence-electron chi connectivity index (χ0n) is 12.9. The van der Waals surface area contributed by atoms with Gasteiger partial charge in [0.25, 0.3) is 0 Å². The average Bonchev–Trinajstić information content (AvgIpc) is 2.76.